The highest BCUT2D eigenvalue weighted by atomic mass is 79.9. The van der Waals surface area contributed by atoms with E-state index in [1.807, 2.05) is 67.6 Å². The van der Waals surface area contributed by atoms with Gasteiger partial charge in [0.2, 0.25) is 5.91 Å². The Morgan fingerprint density at radius 1 is 0.981 bits per heavy atom. The van der Waals surface area contributed by atoms with Crippen molar-refractivity contribution in [3.8, 4) is 11.5 Å². The van der Waals surface area contributed by atoms with Gasteiger partial charge in [0.1, 0.15) is 18.0 Å². The quantitative estimate of drug-likeness (QED) is 0.0778. The Balaban J connectivity index is 1.42. The molecule has 3 amide bonds. The lowest BCUT2D eigenvalue weighted by Gasteiger charge is -2.28. The maximum atomic E-state index is 14.2. The predicted molar refractivity (Wildman–Crippen MR) is 212 cm³/mol. The Morgan fingerprint density at radius 2 is 1.66 bits per heavy atom. The fraction of sp³-hybridized carbons (Fsp3) is 0.143. The van der Waals surface area contributed by atoms with E-state index >= 15 is 0 Å². The van der Waals surface area contributed by atoms with Crippen molar-refractivity contribution in [1.82, 2.24) is 10.2 Å². The van der Waals surface area contributed by atoms with Gasteiger partial charge in [-0.25, -0.2) is 4.39 Å². The molecule has 0 radical (unpaired) electrons. The van der Waals surface area contributed by atoms with Gasteiger partial charge < -0.3 is 14.8 Å². The van der Waals surface area contributed by atoms with Crippen LogP contribution in [0.15, 0.2) is 149 Å². The van der Waals surface area contributed by atoms with Crippen molar-refractivity contribution in [2.75, 3.05) is 12.4 Å². The predicted octanol–water partition coefficient (Wildman–Crippen LogP) is 8.96. The van der Waals surface area contributed by atoms with Crippen LogP contribution in [0.2, 0.25) is 0 Å². The van der Waals surface area contributed by atoms with E-state index < -0.39 is 17.9 Å². The van der Waals surface area contributed by atoms with E-state index in [0.717, 1.165) is 22.9 Å². The Hall–Kier alpha value is -5.52. The van der Waals surface area contributed by atoms with Crippen molar-refractivity contribution < 1.29 is 28.2 Å². The third-order valence-electron chi connectivity index (χ3n) is 7.86. The average Bonchev–Trinajstić information content (AvgIpc) is 3.16. The lowest BCUT2D eigenvalue weighted by atomic mass is 9.99. The van der Waals surface area contributed by atoms with Gasteiger partial charge in [-0.15, -0.1) is 0 Å². The number of halogens is 2. The fourth-order valence-corrected chi connectivity index (χ4v) is 6.62. The molecule has 4 aromatic rings. The number of hydrogen-bond acceptors (Lipinski definition) is 6. The average molecular weight is 795 g/mol. The second kappa shape index (κ2) is 18.8. The van der Waals surface area contributed by atoms with Crippen LogP contribution in [0, 0.1) is 5.82 Å². The van der Waals surface area contributed by atoms with Crippen molar-refractivity contribution in [1.29, 1.82) is 0 Å². The summed E-state index contributed by atoms with van der Waals surface area (Å²) in [7, 11) is 0. The summed E-state index contributed by atoms with van der Waals surface area (Å²) in [5.41, 5.74) is 3.14. The summed E-state index contributed by atoms with van der Waals surface area (Å²) in [5.74, 6) is -1.44. The topological polar surface area (TPSA) is 97.3 Å². The van der Waals surface area contributed by atoms with E-state index in [2.05, 4.69) is 32.8 Å². The molecule has 4 aromatic carbocycles. The van der Waals surface area contributed by atoms with Crippen LogP contribution in [0.4, 0.5) is 4.39 Å². The number of ether oxygens (including phenoxy) is 2. The molecule has 0 aliphatic carbocycles. The molecular weight excluding hydrogens is 757 g/mol. The second-order valence-corrected chi connectivity index (χ2v) is 13.3. The van der Waals surface area contributed by atoms with Crippen molar-refractivity contribution >= 4 is 56.7 Å². The lowest BCUT2D eigenvalue weighted by Crippen LogP contribution is -2.42. The number of aliphatic imine (C=N–C) groups is 1. The maximum Gasteiger partial charge on any atom is 0.285 e. The highest BCUT2D eigenvalue weighted by Crippen LogP contribution is 2.36. The molecule has 1 N–H and O–H groups in total. The van der Waals surface area contributed by atoms with Crippen LogP contribution in [0.25, 0.3) is 6.08 Å². The zero-order valence-electron chi connectivity index (χ0n) is 29.1. The van der Waals surface area contributed by atoms with Gasteiger partial charge >= 0.3 is 0 Å². The molecule has 8 nitrogen and oxygen atoms in total. The number of nitrogens with zero attached hydrogens (tertiary/aromatic N) is 2. The number of hydrogen-bond donors (Lipinski definition) is 1. The fourth-order valence-electron chi connectivity index (χ4n) is 5.38. The van der Waals surface area contributed by atoms with Gasteiger partial charge in [0.05, 0.1) is 18.4 Å². The highest BCUT2D eigenvalue weighted by Gasteiger charge is 2.35. The van der Waals surface area contributed by atoms with E-state index in [0.29, 0.717) is 39.4 Å². The molecule has 11 heteroatoms. The monoisotopic (exact) mass is 793 g/mol. The summed E-state index contributed by atoms with van der Waals surface area (Å²) in [6.07, 6.45) is 8.04. The van der Waals surface area contributed by atoms with Crippen LogP contribution in [0.3, 0.4) is 0 Å². The minimum absolute atomic E-state index is 0.0558. The zero-order valence-corrected chi connectivity index (χ0v) is 31.5. The van der Waals surface area contributed by atoms with Gasteiger partial charge in [-0.2, -0.15) is 4.99 Å². The van der Waals surface area contributed by atoms with Crippen LogP contribution >= 0.6 is 27.7 Å². The molecule has 0 atom stereocenters. The maximum absolute atomic E-state index is 14.2. The van der Waals surface area contributed by atoms with Crippen molar-refractivity contribution in [2.24, 2.45) is 4.99 Å². The third-order valence-corrected chi connectivity index (χ3v) is 9.48. The van der Waals surface area contributed by atoms with E-state index in [4.69, 9.17) is 9.47 Å². The number of nitrogens with one attached hydrogen (secondary N) is 1. The molecule has 1 aliphatic rings. The summed E-state index contributed by atoms with van der Waals surface area (Å²) in [5, 5.41) is 3.15. The van der Waals surface area contributed by atoms with Crippen molar-refractivity contribution in [2.45, 2.75) is 26.5 Å². The van der Waals surface area contributed by atoms with Gasteiger partial charge in [0, 0.05) is 10.2 Å². The summed E-state index contributed by atoms with van der Waals surface area (Å²) in [6.45, 7) is 7.70. The van der Waals surface area contributed by atoms with E-state index in [9.17, 15) is 18.8 Å². The van der Waals surface area contributed by atoms with Crippen LogP contribution in [0.5, 0.6) is 11.5 Å². The first kappa shape index (κ1) is 38.7. The molecule has 1 heterocycles. The number of carbonyl (C=O) groups is 3. The van der Waals surface area contributed by atoms with Gasteiger partial charge in [-0.05, 0) is 72.5 Å². The molecule has 5 rings (SSSR count). The number of rotatable bonds is 14. The molecule has 0 aromatic heterocycles. The number of carbonyl (C=O) groups excluding carboxylic acids is 3. The third kappa shape index (κ3) is 10.1. The Morgan fingerprint density at radius 3 is 2.28 bits per heavy atom. The van der Waals surface area contributed by atoms with E-state index in [1.54, 1.807) is 55.5 Å². The molecular formula is C42H37BrFN3O5S. The molecule has 270 valence electrons. The second-order valence-electron chi connectivity index (χ2n) is 11.5. The Kier molecular flexibility index (Phi) is 13.7. The molecule has 1 aliphatic heterocycles. The number of benzene rings is 4. The summed E-state index contributed by atoms with van der Waals surface area (Å²) in [6, 6.07) is 28.2. The van der Waals surface area contributed by atoms with E-state index in [1.165, 1.54) is 23.1 Å². The first-order chi connectivity index (χ1) is 25.7. The summed E-state index contributed by atoms with van der Waals surface area (Å²) in [4.78, 5) is 46.9. The van der Waals surface area contributed by atoms with Crippen LogP contribution in [0.1, 0.15) is 42.1 Å². The molecule has 0 unspecified atom stereocenters. The zero-order chi connectivity index (χ0) is 37.7. The van der Waals surface area contributed by atoms with Crippen LogP contribution < -0.4 is 14.8 Å². The molecule has 0 saturated carbocycles. The standard InChI is InChI=1S/C42H37BrFN3O5S/c1-4-7-21-33(5-2)47-41(50)34(23-31-24-36(51-6-3)37(25-35(31)43)52-26-28-15-14-20-32(44)22-28)40(49)46-42(47)53-27-38(48)45-39(29-16-10-8-11-17-29)30-18-12-9-13-19-30/h4-5,7-25,39H,1,6,26-27H2,2-3H3,(H,45,48)/b21-7-,33-5+,34-23+. The Labute approximate surface area is 320 Å². The molecule has 0 fully saturated rings. The smallest absolute Gasteiger partial charge is 0.285 e. The number of thioether (sulfide) groups is 1. The summed E-state index contributed by atoms with van der Waals surface area (Å²) < 4.78 is 26.1. The molecule has 0 saturated heterocycles. The number of amidine groups is 1. The Bertz CT molecular complexity index is 2060. The van der Waals surface area contributed by atoms with Crippen molar-refractivity contribution in [3.63, 3.8) is 0 Å². The van der Waals surface area contributed by atoms with Gasteiger partial charge in [0.25, 0.3) is 11.8 Å². The number of amides is 3. The molecule has 0 spiro atoms. The number of allylic oxidation sites excluding steroid dienone is 4. The van der Waals surface area contributed by atoms with Gasteiger partial charge in [-0.3, -0.25) is 19.3 Å². The molecule has 0 bridgehead atoms. The highest BCUT2D eigenvalue weighted by molar-refractivity contribution is 9.10. The van der Waals surface area contributed by atoms with Crippen LogP contribution in [-0.4, -0.2) is 40.1 Å². The largest absolute Gasteiger partial charge is 0.490 e. The summed E-state index contributed by atoms with van der Waals surface area (Å²) >= 11 is 4.52. The van der Waals surface area contributed by atoms with E-state index in [-0.39, 0.29) is 34.8 Å². The SMILES string of the molecule is C=C/C=C\C(=C/C)N1C(=O)/C(=C/c2cc(OCC)c(OCc3cccc(F)c3)cc2Br)C(=O)N=C1SCC(=O)NC(c1ccccc1)c1ccccc1. The lowest BCUT2D eigenvalue weighted by molar-refractivity contribution is -0.126. The molecule has 53 heavy (non-hydrogen) atoms. The van der Waals surface area contributed by atoms with Crippen LogP contribution in [-0.2, 0) is 21.0 Å². The van der Waals surface area contributed by atoms with Gasteiger partial charge in [-0.1, -0.05) is 125 Å². The normalized spacial score (nSPS) is 14.1. The van der Waals surface area contributed by atoms with Crippen molar-refractivity contribution in [3.05, 3.63) is 172 Å². The first-order valence-electron chi connectivity index (χ1n) is 16.7. The first-order valence-corrected chi connectivity index (χ1v) is 18.5. The van der Waals surface area contributed by atoms with Gasteiger partial charge in [0.15, 0.2) is 16.7 Å². The minimum atomic E-state index is -0.764. The minimum Gasteiger partial charge on any atom is -0.490 e.